The second-order valence-corrected chi connectivity index (χ2v) is 7.43. The molecule has 1 heterocycles. The van der Waals surface area contributed by atoms with E-state index in [1.54, 1.807) is 19.1 Å². The maximum absolute atomic E-state index is 12.7. The predicted octanol–water partition coefficient (Wildman–Crippen LogP) is 2.07. The molecule has 0 spiro atoms. The molecule has 0 saturated carbocycles. The van der Waals surface area contributed by atoms with Gasteiger partial charge in [-0.15, -0.1) is 0 Å². The number of aromatic nitrogens is 3. The minimum absolute atomic E-state index is 0.00135. The smallest absolute Gasteiger partial charge is 0.244 e. The highest BCUT2D eigenvalue weighted by atomic mass is 32.2. The van der Waals surface area contributed by atoms with Gasteiger partial charge in [-0.3, -0.25) is 0 Å². The van der Waals surface area contributed by atoms with Crippen molar-refractivity contribution >= 4 is 10.0 Å². The molecule has 0 unspecified atom stereocenters. The lowest BCUT2D eigenvalue weighted by Gasteiger charge is -2.11. The monoisotopic (exact) mass is 388 g/mol. The Bertz CT molecular complexity index is 1030. The van der Waals surface area contributed by atoms with Crippen molar-refractivity contribution in [2.45, 2.75) is 18.4 Å². The number of para-hydroxylation sites is 1. The van der Waals surface area contributed by atoms with Crippen LogP contribution >= 0.6 is 0 Å². The summed E-state index contributed by atoms with van der Waals surface area (Å²) in [5, 5.41) is 8.72. The van der Waals surface area contributed by atoms with Crippen molar-refractivity contribution in [2.75, 3.05) is 14.2 Å². The molecular weight excluding hydrogens is 368 g/mol. The van der Waals surface area contributed by atoms with Crippen LogP contribution in [0.25, 0.3) is 5.69 Å². The van der Waals surface area contributed by atoms with Gasteiger partial charge in [0.15, 0.2) is 0 Å². The zero-order valence-corrected chi connectivity index (χ0v) is 16.0. The number of nitrogens with zero attached hydrogens (tertiary/aromatic N) is 3. The molecule has 1 N–H and O–H groups in total. The average Bonchev–Trinajstić information content (AvgIpc) is 3.07. The molecule has 9 heteroatoms. The summed E-state index contributed by atoms with van der Waals surface area (Å²) in [4.78, 5) is 1.47. The molecule has 142 valence electrons. The number of ether oxygens (including phenoxy) is 2. The van der Waals surface area contributed by atoms with E-state index in [1.807, 2.05) is 30.3 Å². The Labute approximate surface area is 157 Å². The molecule has 8 nitrogen and oxygen atoms in total. The first-order chi connectivity index (χ1) is 12.9. The topological polar surface area (TPSA) is 95.3 Å². The Balaban J connectivity index is 1.83. The first kappa shape index (κ1) is 18.9. The predicted molar refractivity (Wildman–Crippen MR) is 99.7 cm³/mol. The molecule has 3 aromatic rings. The normalized spacial score (nSPS) is 11.4. The molecule has 0 atom stereocenters. The van der Waals surface area contributed by atoms with E-state index in [4.69, 9.17) is 9.47 Å². The zero-order valence-electron chi connectivity index (χ0n) is 15.2. The minimum atomic E-state index is -3.84. The maximum atomic E-state index is 12.7. The third-order valence-electron chi connectivity index (χ3n) is 3.95. The fourth-order valence-corrected chi connectivity index (χ4v) is 3.65. The van der Waals surface area contributed by atoms with Crippen molar-refractivity contribution < 1.29 is 17.9 Å². The number of methoxy groups -OCH3 is 2. The SMILES string of the molecule is COc1ccc(OC)c(S(=O)(=O)NCc2nn(-c3ccccc3)nc2C)c1. The molecule has 27 heavy (non-hydrogen) atoms. The fourth-order valence-electron chi connectivity index (χ4n) is 2.48. The van der Waals surface area contributed by atoms with Crippen LogP contribution in [-0.4, -0.2) is 37.6 Å². The van der Waals surface area contributed by atoms with Gasteiger partial charge in [0.05, 0.1) is 32.1 Å². The zero-order chi connectivity index (χ0) is 19.4. The lowest BCUT2D eigenvalue weighted by atomic mass is 10.3. The second kappa shape index (κ2) is 7.77. The van der Waals surface area contributed by atoms with Crippen LogP contribution in [0.4, 0.5) is 0 Å². The molecule has 0 fully saturated rings. The summed E-state index contributed by atoms with van der Waals surface area (Å²) < 4.78 is 38.3. The third kappa shape index (κ3) is 4.09. The van der Waals surface area contributed by atoms with E-state index in [0.29, 0.717) is 17.1 Å². The standard InChI is InChI=1S/C18H20N4O4S/c1-13-16(21-22(20-13)14-7-5-4-6-8-14)12-19-27(23,24)18-11-15(25-2)9-10-17(18)26-3/h4-11,19H,12H2,1-3H3. The van der Waals surface area contributed by atoms with Crippen LogP contribution in [-0.2, 0) is 16.6 Å². The Morgan fingerprint density at radius 2 is 1.78 bits per heavy atom. The molecule has 0 radical (unpaired) electrons. The number of benzene rings is 2. The summed E-state index contributed by atoms with van der Waals surface area (Å²) in [5.41, 5.74) is 1.97. The van der Waals surface area contributed by atoms with E-state index >= 15 is 0 Å². The van der Waals surface area contributed by atoms with E-state index in [-0.39, 0.29) is 17.2 Å². The molecule has 0 saturated heterocycles. The van der Waals surface area contributed by atoms with Gasteiger partial charge in [-0.1, -0.05) is 18.2 Å². The van der Waals surface area contributed by atoms with Gasteiger partial charge in [0.1, 0.15) is 22.1 Å². The Morgan fingerprint density at radius 3 is 2.44 bits per heavy atom. The first-order valence-electron chi connectivity index (χ1n) is 8.14. The van der Waals surface area contributed by atoms with Gasteiger partial charge in [-0.2, -0.15) is 15.0 Å². The number of rotatable bonds is 7. The molecule has 1 aromatic heterocycles. The van der Waals surface area contributed by atoms with Crippen molar-refractivity contribution in [3.05, 3.63) is 59.9 Å². The van der Waals surface area contributed by atoms with Crippen LogP contribution in [0.1, 0.15) is 11.4 Å². The molecule has 0 aliphatic heterocycles. The van der Waals surface area contributed by atoms with Crippen molar-refractivity contribution in [2.24, 2.45) is 0 Å². The highest BCUT2D eigenvalue weighted by Crippen LogP contribution is 2.28. The first-order valence-corrected chi connectivity index (χ1v) is 9.63. The van der Waals surface area contributed by atoms with Crippen molar-refractivity contribution in [1.82, 2.24) is 19.7 Å². The van der Waals surface area contributed by atoms with E-state index in [9.17, 15) is 8.42 Å². The quantitative estimate of drug-likeness (QED) is 0.666. The third-order valence-corrected chi connectivity index (χ3v) is 5.38. The molecule has 0 amide bonds. The largest absolute Gasteiger partial charge is 0.497 e. The summed E-state index contributed by atoms with van der Waals surface area (Å²) in [6.45, 7) is 1.78. The van der Waals surface area contributed by atoms with E-state index in [1.165, 1.54) is 25.1 Å². The summed E-state index contributed by atoms with van der Waals surface area (Å²) in [7, 11) is -0.956. The Morgan fingerprint density at radius 1 is 1.04 bits per heavy atom. The summed E-state index contributed by atoms with van der Waals surface area (Å²) in [5.74, 6) is 0.648. The summed E-state index contributed by atoms with van der Waals surface area (Å²) in [6.07, 6.45) is 0. The number of hydrogen-bond acceptors (Lipinski definition) is 6. The number of sulfonamides is 1. The van der Waals surface area contributed by atoms with Gasteiger partial charge in [0.25, 0.3) is 0 Å². The Kier molecular flexibility index (Phi) is 5.43. The van der Waals surface area contributed by atoms with Crippen LogP contribution in [0.2, 0.25) is 0 Å². The van der Waals surface area contributed by atoms with Gasteiger partial charge in [0, 0.05) is 6.07 Å². The van der Waals surface area contributed by atoms with Crippen LogP contribution in [0.5, 0.6) is 11.5 Å². The van der Waals surface area contributed by atoms with Crippen LogP contribution in [0, 0.1) is 6.92 Å². The van der Waals surface area contributed by atoms with E-state index in [2.05, 4.69) is 14.9 Å². The van der Waals surface area contributed by atoms with Crippen LogP contribution in [0.3, 0.4) is 0 Å². The van der Waals surface area contributed by atoms with Crippen molar-refractivity contribution in [3.63, 3.8) is 0 Å². The fraction of sp³-hybridized carbons (Fsp3) is 0.222. The van der Waals surface area contributed by atoms with Gasteiger partial charge in [-0.25, -0.2) is 13.1 Å². The summed E-state index contributed by atoms with van der Waals surface area (Å²) in [6, 6.07) is 14.0. The van der Waals surface area contributed by atoms with Gasteiger partial charge < -0.3 is 9.47 Å². The molecule has 3 rings (SSSR count). The highest BCUT2D eigenvalue weighted by molar-refractivity contribution is 7.89. The molecule has 0 aliphatic rings. The van der Waals surface area contributed by atoms with E-state index < -0.39 is 10.0 Å². The minimum Gasteiger partial charge on any atom is -0.497 e. The Hall–Kier alpha value is -2.91. The molecule has 2 aromatic carbocycles. The number of hydrogen-bond donors (Lipinski definition) is 1. The maximum Gasteiger partial charge on any atom is 0.244 e. The van der Waals surface area contributed by atoms with Crippen molar-refractivity contribution in [1.29, 1.82) is 0 Å². The van der Waals surface area contributed by atoms with Crippen molar-refractivity contribution in [3.8, 4) is 17.2 Å². The molecule has 0 aliphatic carbocycles. The summed E-state index contributed by atoms with van der Waals surface area (Å²) >= 11 is 0. The van der Waals surface area contributed by atoms with E-state index in [0.717, 1.165) is 5.69 Å². The van der Waals surface area contributed by atoms with Gasteiger partial charge in [0.2, 0.25) is 10.0 Å². The average molecular weight is 388 g/mol. The highest BCUT2D eigenvalue weighted by Gasteiger charge is 2.21. The number of nitrogens with one attached hydrogen (secondary N) is 1. The number of aryl methyl sites for hydroxylation is 1. The van der Waals surface area contributed by atoms with Gasteiger partial charge >= 0.3 is 0 Å². The second-order valence-electron chi connectivity index (χ2n) is 5.70. The van der Waals surface area contributed by atoms with Gasteiger partial charge in [-0.05, 0) is 31.2 Å². The van der Waals surface area contributed by atoms with Crippen LogP contribution in [0.15, 0.2) is 53.4 Å². The lowest BCUT2D eigenvalue weighted by Crippen LogP contribution is -2.24. The van der Waals surface area contributed by atoms with Crippen LogP contribution < -0.4 is 14.2 Å². The lowest BCUT2D eigenvalue weighted by molar-refractivity contribution is 0.392. The molecule has 0 bridgehead atoms. The molecular formula is C18H20N4O4S.